The van der Waals surface area contributed by atoms with Crippen LogP contribution in [0.2, 0.25) is 0 Å². The highest BCUT2D eigenvalue weighted by atomic mass is 16.6. The van der Waals surface area contributed by atoms with Crippen LogP contribution in [0.1, 0.15) is 52.7 Å². The van der Waals surface area contributed by atoms with E-state index in [2.05, 4.69) is 27.1 Å². The molecule has 3 heterocycles. The Bertz CT molecular complexity index is 1170. The fraction of sp³-hybridized carbons (Fsp3) is 0.600. The molecular weight excluding hydrogens is 496 g/mol. The van der Waals surface area contributed by atoms with E-state index >= 15 is 0 Å². The monoisotopic (exact) mass is 532 g/mol. The topological polar surface area (TPSA) is 180 Å². The van der Waals surface area contributed by atoms with Gasteiger partial charge in [-0.25, -0.2) is 9.50 Å². The number of anilines is 1. The van der Waals surface area contributed by atoms with E-state index in [1.807, 2.05) is 6.92 Å². The first-order valence-electron chi connectivity index (χ1n) is 12.6. The van der Waals surface area contributed by atoms with E-state index in [1.165, 1.54) is 10.8 Å². The van der Waals surface area contributed by atoms with Crippen LogP contribution < -0.4 is 11.1 Å². The summed E-state index contributed by atoms with van der Waals surface area (Å²) in [6.07, 6.45) is -1.36. The predicted molar refractivity (Wildman–Crippen MR) is 137 cm³/mol. The van der Waals surface area contributed by atoms with Crippen molar-refractivity contribution < 1.29 is 33.7 Å². The highest BCUT2D eigenvalue weighted by Gasteiger charge is 2.59. The second-order valence-corrected chi connectivity index (χ2v) is 9.50. The molecule has 208 valence electrons. The van der Waals surface area contributed by atoms with Gasteiger partial charge >= 0.3 is 11.9 Å². The Kier molecular flexibility index (Phi) is 9.52. The summed E-state index contributed by atoms with van der Waals surface area (Å²) < 4.78 is 18.7. The maximum atomic E-state index is 12.4. The van der Waals surface area contributed by atoms with Crippen molar-refractivity contribution in [3.63, 3.8) is 0 Å². The molecule has 0 aromatic carbocycles. The van der Waals surface area contributed by atoms with Gasteiger partial charge in [0.1, 0.15) is 36.7 Å². The van der Waals surface area contributed by atoms with E-state index in [0.717, 1.165) is 0 Å². The number of fused-ring (bicyclic) bond motifs is 1. The van der Waals surface area contributed by atoms with Crippen LogP contribution in [0.25, 0.3) is 5.52 Å². The van der Waals surface area contributed by atoms with Gasteiger partial charge in [-0.1, -0.05) is 27.7 Å². The van der Waals surface area contributed by atoms with E-state index in [4.69, 9.17) is 19.9 Å². The summed E-state index contributed by atoms with van der Waals surface area (Å²) >= 11 is 0. The molecule has 13 heteroatoms. The third-order valence-corrected chi connectivity index (χ3v) is 6.42. The van der Waals surface area contributed by atoms with Gasteiger partial charge in [0.2, 0.25) is 5.91 Å². The Morgan fingerprint density at radius 1 is 1.34 bits per heavy atom. The third kappa shape index (κ3) is 5.84. The van der Waals surface area contributed by atoms with Gasteiger partial charge in [-0.05, 0) is 31.2 Å². The zero-order chi connectivity index (χ0) is 28.0. The van der Waals surface area contributed by atoms with Crippen LogP contribution in [0.3, 0.4) is 0 Å². The number of amides is 1. The van der Waals surface area contributed by atoms with Crippen molar-refractivity contribution in [1.29, 1.82) is 0 Å². The molecular formula is C25H36N6O7. The minimum atomic E-state index is -1.58. The molecule has 0 aliphatic carbocycles. The first-order chi connectivity index (χ1) is 18.1. The van der Waals surface area contributed by atoms with Gasteiger partial charge in [0, 0.05) is 12.8 Å². The summed E-state index contributed by atoms with van der Waals surface area (Å²) in [5.41, 5.74) is 5.12. The Labute approximate surface area is 220 Å². The number of esters is 2. The molecule has 2 aromatic rings. The fourth-order valence-electron chi connectivity index (χ4n) is 4.27. The molecule has 1 saturated heterocycles. The van der Waals surface area contributed by atoms with E-state index in [0.29, 0.717) is 24.1 Å². The number of rotatable bonds is 12. The van der Waals surface area contributed by atoms with E-state index < -0.39 is 41.9 Å². The SMILES string of the molecule is C=NC[C@@]1(c2ccc3c(NC(=O)CCC)ncnn23)O[C@H](COC(=O)[C@@H](N)C(C)C)[C@@H](OC(=O)CC)[C@H]1O. The van der Waals surface area contributed by atoms with E-state index in [-0.39, 0.29) is 37.2 Å². The summed E-state index contributed by atoms with van der Waals surface area (Å²) in [6, 6.07) is 2.46. The van der Waals surface area contributed by atoms with Crippen LogP contribution in [0, 0.1) is 5.92 Å². The van der Waals surface area contributed by atoms with Gasteiger partial charge in [-0.2, -0.15) is 5.10 Å². The molecule has 1 aliphatic rings. The Hall–Kier alpha value is -3.42. The van der Waals surface area contributed by atoms with Crippen LogP contribution in [0.5, 0.6) is 0 Å². The number of hydrogen-bond acceptors (Lipinski definition) is 11. The lowest BCUT2D eigenvalue weighted by Crippen LogP contribution is -2.46. The first-order valence-corrected chi connectivity index (χ1v) is 12.6. The maximum absolute atomic E-state index is 12.4. The minimum absolute atomic E-state index is 0.0583. The number of nitrogens with two attached hydrogens (primary N) is 1. The van der Waals surface area contributed by atoms with Crippen molar-refractivity contribution in [3.8, 4) is 0 Å². The zero-order valence-electron chi connectivity index (χ0n) is 22.1. The standard InChI is InChI=1S/C25H36N6O7/c1-6-8-18(32)30-23-15-9-10-17(31(15)29-13-28-23)25(12-27-5)22(34)21(37-19(33)7-2)16(38-25)11-36-24(35)20(26)14(3)4/h9-10,13-14,16,20-22,34H,5-8,11-12,26H2,1-4H3,(H,28,29,30,32)/t16-,20+,21-,22-,25+/m1/s1. The molecule has 0 radical (unpaired) electrons. The van der Waals surface area contributed by atoms with Gasteiger partial charge in [0.05, 0.1) is 12.2 Å². The largest absolute Gasteiger partial charge is 0.462 e. The number of carbonyl (C=O) groups is 3. The third-order valence-electron chi connectivity index (χ3n) is 6.42. The lowest BCUT2D eigenvalue weighted by molar-refractivity contribution is -0.161. The molecule has 1 fully saturated rings. The smallest absolute Gasteiger partial charge is 0.323 e. The van der Waals surface area contributed by atoms with E-state index in [1.54, 1.807) is 32.9 Å². The normalized spacial score (nSPS) is 23.8. The van der Waals surface area contributed by atoms with Crippen LogP contribution in [0.4, 0.5) is 5.82 Å². The van der Waals surface area contributed by atoms with Gasteiger partial charge in [0.15, 0.2) is 17.5 Å². The van der Waals surface area contributed by atoms with Gasteiger partial charge in [-0.15, -0.1) is 0 Å². The molecule has 0 saturated carbocycles. The van der Waals surface area contributed by atoms with Crippen molar-refractivity contribution in [3.05, 3.63) is 24.2 Å². The number of nitrogens with one attached hydrogen (secondary N) is 1. The molecule has 38 heavy (non-hydrogen) atoms. The summed E-state index contributed by atoms with van der Waals surface area (Å²) in [5, 5.41) is 18.6. The van der Waals surface area contributed by atoms with Gasteiger partial charge in [-0.3, -0.25) is 19.4 Å². The molecule has 4 N–H and O–H groups in total. The quantitative estimate of drug-likeness (QED) is 0.263. The number of aromatic nitrogens is 3. The lowest BCUT2D eigenvalue weighted by atomic mass is 9.91. The molecule has 13 nitrogen and oxygen atoms in total. The van der Waals surface area contributed by atoms with Crippen LogP contribution in [-0.2, 0) is 34.2 Å². The number of ether oxygens (including phenoxy) is 3. The average molecular weight is 533 g/mol. The van der Waals surface area contributed by atoms with Crippen molar-refractivity contribution in [2.45, 2.75) is 76.9 Å². The van der Waals surface area contributed by atoms with E-state index in [9.17, 15) is 19.5 Å². The molecule has 0 spiro atoms. The maximum Gasteiger partial charge on any atom is 0.323 e. The van der Waals surface area contributed by atoms with Crippen molar-refractivity contribution in [1.82, 2.24) is 14.6 Å². The van der Waals surface area contributed by atoms with Gasteiger partial charge in [0.25, 0.3) is 0 Å². The zero-order valence-corrected chi connectivity index (χ0v) is 22.1. The second-order valence-electron chi connectivity index (χ2n) is 9.50. The van der Waals surface area contributed by atoms with Crippen LogP contribution >= 0.6 is 0 Å². The second kappa shape index (κ2) is 12.4. The predicted octanol–water partition coefficient (Wildman–Crippen LogP) is 0.972. The molecule has 0 unspecified atom stereocenters. The Morgan fingerprint density at radius 3 is 2.71 bits per heavy atom. The average Bonchev–Trinajstić information content (AvgIpc) is 3.43. The number of aliphatic hydroxyl groups is 1. The summed E-state index contributed by atoms with van der Waals surface area (Å²) in [4.78, 5) is 45.0. The Balaban J connectivity index is 2.01. The molecule has 1 amide bonds. The lowest BCUT2D eigenvalue weighted by Gasteiger charge is -2.30. The number of nitrogens with zero attached hydrogens (tertiary/aromatic N) is 4. The van der Waals surface area contributed by atoms with Crippen LogP contribution in [0.15, 0.2) is 23.5 Å². The van der Waals surface area contributed by atoms with Crippen molar-refractivity contribution in [2.24, 2.45) is 16.6 Å². The molecule has 5 atom stereocenters. The molecule has 2 aromatic heterocycles. The number of hydrogen-bond donors (Lipinski definition) is 3. The van der Waals surface area contributed by atoms with Crippen molar-refractivity contribution >= 4 is 35.9 Å². The molecule has 3 rings (SSSR count). The highest BCUT2D eigenvalue weighted by Crippen LogP contribution is 2.42. The number of carbonyl (C=O) groups excluding carboxylic acids is 3. The number of aliphatic hydroxyl groups excluding tert-OH is 1. The first kappa shape index (κ1) is 29.1. The van der Waals surface area contributed by atoms with Crippen molar-refractivity contribution in [2.75, 3.05) is 18.5 Å². The summed E-state index contributed by atoms with van der Waals surface area (Å²) in [6.45, 7) is 10.2. The molecule has 0 bridgehead atoms. The fourth-order valence-corrected chi connectivity index (χ4v) is 4.27. The Morgan fingerprint density at radius 2 is 2.08 bits per heavy atom. The highest BCUT2D eigenvalue weighted by molar-refractivity contribution is 5.93. The minimum Gasteiger partial charge on any atom is -0.462 e. The summed E-state index contributed by atoms with van der Waals surface area (Å²) in [5.74, 6) is -1.30. The van der Waals surface area contributed by atoms with Crippen LogP contribution in [-0.4, -0.2) is 81.8 Å². The molecule has 1 aliphatic heterocycles. The summed E-state index contributed by atoms with van der Waals surface area (Å²) in [7, 11) is 0. The van der Waals surface area contributed by atoms with Gasteiger partial charge < -0.3 is 30.4 Å². The number of aliphatic imine (C=N–C) groups is 1.